The summed E-state index contributed by atoms with van der Waals surface area (Å²) in [5, 5.41) is 0. The van der Waals surface area contributed by atoms with Gasteiger partial charge in [-0.3, -0.25) is 4.79 Å². The number of rotatable bonds is 5. The Labute approximate surface area is 85.3 Å². The number of carbonyl (C=O) groups is 1. The smallest absolute Gasteiger partial charge is 0.306 e. The third-order valence-corrected chi connectivity index (χ3v) is 3.56. The van der Waals surface area contributed by atoms with Crippen molar-refractivity contribution in [3.05, 3.63) is 12.7 Å². The lowest BCUT2D eigenvalue weighted by Crippen LogP contribution is -2.50. The molecular weight excluding hydrogens is 176 g/mol. The summed E-state index contributed by atoms with van der Waals surface area (Å²) in [6.45, 7) is 3.62. The minimum atomic E-state index is -0.0119. The Balaban J connectivity index is 1.60. The van der Waals surface area contributed by atoms with Gasteiger partial charge >= 0.3 is 5.97 Å². The van der Waals surface area contributed by atoms with Crippen molar-refractivity contribution in [3.8, 4) is 0 Å². The standard InChI is InChI=1S/C12H18O2/c1-2-3-4-5-12(13)14-11-8-9-6-7-10(9)11/h2,9-11H,1,3-8H2/t9-,10-,11-/m1/s1. The van der Waals surface area contributed by atoms with Gasteiger partial charge in [-0.15, -0.1) is 6.58 Å². The topological polar surface area (TPSA) is 26.3 Å². The summed E-state index contributed by atoms with van der Waals surface area (Å²) in [6, 6.07) is 0. The van der Waals surface area contributed by atoms with Crippen LogP contribution in [0, 0.1) is 11.8 Å². The molecule has 0 aromatic rings. The van der Waals surface area contributed by atoms with Gasteiger partial charge in [-0.1, -0.05) is 6.08 Å². The molecule has 2 saturated carbocycles. The fourth-order valence-electron chi connectivity index (χ4n) is 2.41. The number of fused-ring (bicyclic) bond motifs is 1. The maximum absolute atomic E-state index is 11.3. The van der Waals surface area contributed by atoms with Crippen molar-refractivity contribution in [1.29, 1.82) is 0 Å². The predicted octanol–water partition coefficient (Wildman–Crippen LogP) is 2.68. The minimum absolute atomic E-state index is 0.0119. The van der Waals surface area contributed by atoms with Gasteiger partial charge in [0.2, 0.25) is 0 Å². The highest BCUT2D eigenvalue weighted by molar-refractivity contribution is 5.69. The molecule has 3 atom stereocenters. The van der Waals surface area contributed by atoms with Gasteiger partial charge in [0.15, 0.2) is 0 Å². The number of unbranched alkanes of at least 4 members (excludes halogenated alkanes) is 1. The molecule has 2 fully saturated rings. The maximum Gasteiger partial charge on any atom is 0.306 e. The van der Waals surface area contributed by atoms with Crippen molar-refractivity contribution in [2.24, 2.45) is 11.8 Å². The van der Waals surface area contributed by atoms with Crippen LogP contribution in [-0.2, 0) is 9.53 Å². The van der Waals surface area contributed by atoms with Gasteiger partial charge in [0, 0.05) is 6.42 Å². The van der Waals surface area contributed by atoms with E-state index >= 15 is 0 Å². The molecule has 2 aliphatic carbocycles. The molecule has 0 radical (unpaired) electrons. The molecule has 14 heavy (non-hydrogen) atoms. The van der Waals surface area contributed by atoms with E-state index in [4.69, 9.17) is 4.74 Å². The molecule has 0 aromatic carbocycles. The van der Waals surface area contributed by atoms with Crippen LogP contribution in [-0.4, -0.2) is 12.1 Å². The van der Waals surface area contributed by atoms with Crippen molar-refractivity contribution in [1.82, 2.24) is 0 Å². The van der Waals surface area contributed by atoms with Crippen molar-refractivity contribution in [2.75, 3.05) is 0 Å². The van der Waals surface area contributed by atoms with Gasteiger partial charge in [-0.05, 0) is 43.9 Å². The van der Waals surface area contributed by atoms with Crippen LogP contribution >= 0.6 is 0 Å². The monoisotopic (exact) mass is 194 g/mol. The molecule has 0 heterocycles. The normalized spacial score (nSPS) is 33.6. The molecule has 0 spiro atoms. The second-order valence-electron chi connectivity index (χ2n) is 4.45. The molecule has 78 valence electrons. The largest absolute Gasteiger partial charge is 0.462 e. The highest BCUT2D eigenvalue weighted by atomic mass is 16.5. The van der Waals surface area contributed by atoms with E-state index in [2.05, 4.69) is 6.58 Å². The van der Waals surface area contributed by atoms with Crippen molar-refractivity contribution in [3.63, 3.8) is 0 Å². The van der Waals surface area contributed by atoms with Gasteiger partial charge in [0.25, 0.3) is 0 Å². The Bertz CT molecular complexity index is 234. The molecule has 0 aromatic heterocycles. The lowest BCUT2D eigenvalue weighted by atomic mass is 9.58. The zero-order chi connectivity index (χ0) is 9.97. The summed E-state index contributed by atoms with van der Waals surface area (Å²) in [7, 11) is 0. The molecule has 0 saturated heterocycles. The second kappa shape index (κ2) is 4.16. The number of allylic oxidation sites excluding steroid dienone is 1. The summed E-state index contributed by atoms with van der Waals surface area (Å²) in [6.07, 6.45) is 8.21. The van der Waals surface area contributed by atoms with E-state index in [-0.39, 0.29) is 12.1 Å². The van der Waals surface area contributed by atoms with E-state index in [9.17, 15) is 4.79 Å². The molecule has 0 bridgehead atoms. The van der Waals surface area contributed by atoms with Crippen LogP contribution in [0.1, 0.15) is 38.5 Å². The van der Waals surface area contributed by atoms with Gasteiger partial charge in [0.1, 0.15) is 6.10 Å². The first-order chi connectivity index (χ1) is 6.81. The Kier molecular flexibility index (Phi) is 2.90. The van der Waals surface area contributed by atoms with E-state index in [1.54, 1.807) is 0 Å². The maximum atomic E-state index is 11.3. The molecule has 2 heteroatoms. The summed E-state index contributed by atoms with van der Waals surface area (Å²) >= 11 is 0. The van der Waals surface area contributed by atoms with E-state index < -0.39 is 0 Å². The third-order valence-electron chi connectivity index (χ3n) is 3.56. The highest BCUT2D eigenvalue weighted by Crippen LogP contribution is 2.51. The van der Waals surface area contributed by atoms with E-state index in [0.29, 0.717) is 6.42 Å². The average molecular weight is 194 g/mol. The fraction of sp³-hybridized carbons (Fsp3) is 0.750. The number of hydrogen-bond donors (Lipinski definition) is 0. The summed E-state index contributed by atoms with van der Waals surface area (Å²) in [5.74, 6) is 1.60. The Hall–Kier alpha value is -0.790. The Morgan fingerprint density at radius 1 is 1.50 bits per heavy atom. The van der Waals surface area contributed by atoms with Gasteiger partial charge in [0.05, 0.1) is 0 Å². The van der Waals surface area contributed by atoms with Crippen molar-refractivity contribution < 1.29 is 9.53 Å². The molecule has 0 N–H and O–H groups in total. The first-order valence-electron chi connectivity index (χ1n) is 5.61. The van der Waals surface area contributed by atoms with E-state index in [0.717, 1.165) is 31.1 Å². The van der Waals surface area contributed by atoms with Gasteiger partial charge in [-0.25, -0.2) is 0 Å². The van der Waals surface area contributed by atoms with Crippen LogP contribution in [0.4, 0.5) is 0 Å². The van der Waals surface area contributed by atoms with Crippen LogP contribution in [0.15, 0.2) is 12.7 Å². The van der Waals surface area contributed by atoms with Crippen molar-refractivity contribution >= 4 is 5.97 Å². The molecular formula is C12H18O2. The van der Waals surface area contributed by atoms with Gasteiger partial charge < -0.3 is 4.74 Å². The molecule has 2 nitrogen and oxygen atoms in total. The molecule has 2 aliphatic rings. The SMILES string of the molecule is C=CCCCC(=O)O[C@@H]1C[C@H]2CC[C@H]21. The van der Waals surface area contributed by atoms with Crippen LogP contribution in [0.25, 0.3) is 0 Å². The third kappa shape index (κ3) is 1.84. The Morgan fingerprint density at radius 2 is 2.36 bits per heavy atom. The first-order valence-corrected chi connectivity index (χ1v) is 5.61. The highest BCUT2D eigenvalue weighted by Gasteiger charge is 2.49. The summed E-state index contributed by atoms with van der Waals surface area (Å²) < 4.78 is 5.39. The predicted molar refractivity (Wildman–Crippen MR) is 54.8 cm³/mol. The zero-order valence-electron chi connectivity index (χ0n) is 8.58. The van der Waals surface area contributed by atoms with E-state index in [1.165, 1.54) is 12.8 Å². The quantitative estimate of drug-likeness (QED) is 0.382. The Morgan fingerprint density at radius 3 is 2.86 bits per heavy atom. The molecule has 0 unspecified atom stereocenters. The molecule has 0 amide bonds. The zero-order valence-corrected chi connectivity index (χ0v) is 8.58. The number of hydrogen-bond acceptors (Lipinski definition) is 2. The lowest BCUT2D eigenvalue weighted by molar-refractivity contribution is -0.174. The fourth-order valence-corrected chi connectivity index (χ4v) is 2.41. The summed E-state index contributed by atoms with van der Waals surface area (Å²) in [4.78, 5) is 11.3. The second-order valence-corrected chi connectivity index (χ2v) is 4.45. The lowest BCUT2D eigenvalue weighted by Gasteiger charge is -2.51. The first kappa shape index (κ1) is 9.75. The van der Waals surface area contributed by atoms with E-state index in [1.807, 2.05) is 6.08 Å². The molecule has 2 rings (SSSR count). The number of carbonyl (C=O) groups excluding carboxylic acids is 1. The number of ether oxygens (including phenoxy) is 1. The van der Waals surface area contributed by atoms with Crippen LogP contribution in [0.2, 0.25) is 0 Å². The van der Waals surface area contributed by atoms with Crippen LogP contribution in [0.3, 0.4) is 0 Å². The minimum Gasteiger partial charge on any atom is -0.462 e. The number of esters is 1. The average Bonchev–Trinajstić information content (AvgIpc) is 2.13. The van der Waals surface area contributed by atoms with Gasteiger partial charge in [-0.2, -0.15) is 0 Å². The van der Waals surface area contributed by atoms with Crippen LogP contribution < -0.4 is 0 Å². The summed E-state index contributed by atoms with van der Waals surface area (Å²) in [5.41, 5.74) is 0. The van der Waals surface area contributed by atoms with Crippen LogP contribution in [0.5, 0.6) is 0 Å². The molecule has 0 aliphatic heterocycles. The van der Waals surface area contributed by atoms with Crippen molar-refractivity contribution in [2.45, 2.75) is 44.6 Å².